The summed E-state index contributed by atoms with van der Waals surface area (Å²) in [5.41, 5.74) is 4.48. The molecule has 0 aliphatic rings. The van der Waals surface area contributed by atoms with Crippen molar-refractivity contribution in [3.8, 4) is 0 Å². The standard InChI is InChI=1S/C23H30N2O4S/c1-18-19(2)25(17-20-8-6-5-7-9-20)23-11-10-21(16-22(18)23)30(26,27)24(12-14-28-3)13-15-29-4/h5-11,16H,12-15,17H2,1-4H3. The van der Waals surface area contributed by atoms with Gasteiger partial charge >= 0.3 is 0 Å². The minimum Gasteiger partial charge on any atom is -0.383 e. The fourth-order valence-electron chi connectivity index (χ4n) is 3.65. The fraction of sp³-hybridized carbons (Fsp3) is 0.391. The van der Waals surface area contributed by atoms with Gasteiger partial charge in [-0.1, -0.05) is 30.3 Å². The van der Waals surface area contributed by atoms with Crippen molar-refractivity contribution in [2.75, 3.05) is 40.5 Å². The van der Waals surface area contributed by atoms with Crippen molar-refractivity contribution >= 4 is 20.9 Å². The monoisotopic (exact) mass is 430 g/mol. The van der Waals surface area contributed by atoms with Gasteiger partial charge in [0.2, 0.25) is 10.0 Å². The summed E-state index contributed by atoms with van der Waals surface area (Å²) in [7, 11) is -0.524. The number of methoxy groups -OCH3 is 2. The molecule has 2 aromatic carbocycles. The zero-order valence-electron chi connectivity index (χ0n) is 18.1. The Morgan fingerprint density at radius 3 is 2.17 bits per heavy atom. The number of aromatic nitrogens is 1. The van der Waals surface area contributed by atoms with Crippen LogP contribution in [0.5, 0.6) is 0 Å². The van der Waals surface area contributed by atoms with Crippen LogP contribution < -0.4 is 0 Å². The number of rotatable bonds is 10. The average Bonchev–Trinajstić information content (AvgIpc) is 2.99. The van der Waals surface area contributed by atoms with Gasteiger partial charge in [-0.05, 0) is 43.2 Å². The smallest absolute Gasteiger partial charge is 0.243 e. The van der Waals surface area contributed by atoms with Crippen LogP contribution in [0.4, 0.5) is 0 Å². The van der Waals surface area contributed by atoms with Crippen LogP contribution >= 0.6 is 0 Å². The third-order valence-corrected chi connectivity index (χ3v) is 7.42. The van der Waals surface area contributed by atoms with Crippen LogP contribution in [-0.2, 0) is 26.0 Å². The first-order chi connectivity index (χ1) is 14.4. The lowest BCUT2D eigenvalue weighted by atomic mass is 10.1. The van der Waals surface area contributed by atoms with Crippen LogP contribution in [0.25, 0.3) is 10.9 Å². The summed E-state index contributed by atoms with van der Waals surface area (Å²) >= 11 is 0. The molecule has 3 rings (SSSR count). The summed E-state index contributed by atoms with van der Waals surface area (Å²) < 4.78 is 40.4. The lowest BCUT2D eigenvalue weighted by Gasteiger charge is -2.21. The van der Waals surface area contributed by atoms with Crippen LogP contribution in [0, 0.1) is 13.8 Å². The Balaban J connectivity index is 2.01. The van der Waals surface area contributed by atoms with Gasteiger partial charge in [0, 0.05) is 50.5 Å². The number of hydrogen-bond donors (Lipinski definition) is 0. The Labute approximate surface area is 179 Å². The number of sulfonamides is 1. The van der Waals surface area contributed by atoms with Gasteiger partial charge in [-0.15, -0.1) is 0 Å². The third-order valence-electron chi connectivity index (χ3n) is 5.52. The largest absolute Gasteiger partial charge is 0.383 e. The van der Waals surface area contributed by atoms with Crippen molar-refractivity contribution in [2.45, 2.75) is 25.3 Å². The molecular formula is C23H30N2O4S. The lowest BCUT2D eigenvalue weighted by molar-refractivity contribution is 0.150. The normalized spacial score (nSPS) is 12.2. The van der Waals surface area contributed by atoms with Crippen LogP contribution in [0.3, 0.4) is 0 Å². The second kappa shape index (κ2) is 9.75. The van der Waals surface area contributed by atoms with E-state index in [4.69, 9.17) is 9.47 Å². The molecule has 0 fully saturated rings. The molecule has 0 atom stereocenters. The number of hydrogen-bond acceptors (Lipinski definition) is 4. The topological polar surface area (TPSA) is 60.8 Å². The zero-order chi connectivity index (χ0) is 21.7. The van der Waals surface area contributed by atoms with Crippen molar-refractivity contribution in [1.29, 1.82) is 0 Å². The number of fused-ring (bicyclic) bond motifs is 1. The number of ether oxygens (including phenoxy) is 2. The van der Waals surface area contributed by atoms with E-state index in [-0.39, 0.29) is 13.1 Å². The maximum Gasteiger partial charge on any atom is 0.243 e. The molecule has 7 heteroatoms. The van der Waals surface area contributed by atoms with Crippen LogP contribution in [-0.4, -0.2) is 57.8 Å². The van der Waals surface area contributed by atoms with Crippen molar-refractivity contribution in [3.05, 3.63) is 65.4 Å². The molecule has 3 aromatic rings. The van der Waals surface area contributed by atoms with Crippen molar-refractivity contribution < 1.29 is 17.9 Å². The number of nitrogens with zero attached hydrogens (tertiary/aromatic N) is 2. The molecule has 0 bridgehead atoms. The van der Waals surface area contributed by atoms with Gasteiger partial charge in [0.05, 0.1) is 18.1 Å². The SMILES string of the molecule is COCCN(CCOC)S(=O)(=O)c1ccc2c(c1)c(C)c(C)n2Cc1ccccc1. The maximum atomic E-state index is 13.3. The second-order valence-electron chi connectivity index (χ2n) is 7.35. The highest BCUT2D eigenvalue weighted by Gasteiger charge is 2.25. The third kappa shape index (κ3) is 4.59. The van der Waals surface area contributed by atoms with Gasteiger partial charge in [-0.2, -0.15) is 4.31 Å². The molecule has 0 aliphatic carbocycles. The van der Waals surface area contributed by atoms with E-state index < -0.39 is 10.0 Å². The molecular weight excluding hydrogens is 400 g/mol. The molecule has 6 nitrogen and oxygen atoms in total. The zero-order valence-corrected chi connectivity index (χ0v) is 18.9. The molecule has 0 saturated heterocycles. The Bertz CT molecular complexity index is 1080. The Morgan fingerprint density at radius 1 is 0.933 bits per heavy atom. The quantitative estimate of drug-likeness (QED) is 0.493. The van der Waals surface area contributed by atoms with E-state index in [1.807, 2.05) is 31.2 Å². The first-order valence-electron chi connectivity index (χ1n) is 10.0. The van der Waals surface area contributed by atoms with Crippen molar-refractivity contribution in [1.82, 2.24) is 8.87 Å². The molecule has 0 aliphatic heterocycles. The summed E-state index contributed by atoms with van der Waals surface area (Å²) in [6.07, 6.45) is 0. The highest BCUT2D eigenvalue weighted by Crippen LogP contribution is 2.29. The van der Waals surface area contributed by atoms with Crippen molar-refractivity contribution in [2.24, 2.45) is 0 Å². The summed E-state index contributed by atoms with van der Waals surface area (Å²) in [6.45, 7) is 6.10. The molecule has 0 spiro atoms. The van der Waals surface area contributed by atoms with E-state index >= 15 is 0 Å². The van der Waals surface area contributed by atoms with E-state index in [1.165, 1.54) is 9.87 Å². The molecule has 1 heterocycles. The van der Waals surface area contributed by atoms with E-state index in [9.17, 15) is 8.42 Å². The van der Waals surface area contributed by atoms with Gasteiger partial charge in [-0.25, -0.2) is 8.42 Å². The molecule has 0 amide bonds. The Hall–Kier alpha value is -2.19. The Morgan fingerprint density at radius 2 is 1.57 bits per heavy atom. The fourth-order valence-corrected chi connectivity index (χ4v) is 5.08. The molecule has 0 N–H and O–H groups in total. The van der Waals surface area contributed by atoms with Crippen LogP contribution in [0.1, 0.15) is 16.8 Å². The summed E-state index contributed by atoms with van der Waals surface area (Å²) in [5.74, 6) is 0. The average molecular weight is 431 g/mol. The summed E-state index contributed by atoms with van der Waals surface area (Å²) in [5, 5.41) is 0.961. The number of benzene rings is 2. The van der Waals surface area contributed by atoms with Gasteiger partial charge < -0.3 is 14.0 Å². The summed E-state index contributed by atoms with van der Waals surface area (Å²) in [6, 6.07) is 15.7. The highest BCUT2D eigenvalue weighted by molar-refractivity contribution is 7.89. The van der Waals surface area contributed by atoms with Crippen LogP contribution in [0.15, 0.2) is 53.4 Å². The molecule has 0 unspecified atom stereocenters. The molecule has 30 heavy (non-hydrogen) atoms. The van der Waals surface area contributed by atoms with Gasteiger partial charge in [0.15, 0.2) is 0 Å². The van der Waals surface area contributed by atoms with Gasteiger partial charge in [0.25, 0.3) is 0 Å². The van der Waals surface area contributed by atoms with Gasteiger partial charge in [-0.3, -0.25) is 0 Å². The van der Waals surface area contributed by atoms with E-state index in [0.717, 1.165) is 28.7 Å². The molecule has 0 saturated carbocycles. The highest BCUT2D eigenvalue weighted by atomic mass is 32.2. The van der Waals surface area contributed by atoms with E-state index in [2.05, 4.69) is 23.6 Å². The van der Waals surface area contributed by atoms with E-state index in [1.54, 1.807) is 26.4 Å². The first-order valence-corrected chi connectivity index (χ1v) is 11.5. The lowest BCUT2D eigenvalue weighted by Crippen LogP contribution is -2.36. The Kier molecular flexibility index (Phi) is 7.31. The minimum absolute atomic E-state index is 0.285. The van der Waals surface area contributed by atoms with Crippen molar-refractivity contribution in [3.63, 3.8) is 0 Å². The molecule has 162 valence electrons. The molecule has 0 radical (unpaired) electrons. The van der Waals surface area contributed by atoms with Gasteiger partial charge in [0.1, 0.15) is 0 Å². The predicted octanol–water partition coefficient (Wildman–Crippen LogP) is 3.59. The predicted molar refractivity (Wildman–Crippen MR) is 119 cm³/mol. The molecule has 1 aromatic heterocycles. The summed E-state index contributed by atoms with van der Waals surface area (Å²) in [4.78, 5) is 0.294. The maximum absolute atomic E-state index is 13.3. The second-order valence-corrected chi connectivity index (χ2v) is 9.29. The van der Waals surface area contributed by atoms with Crippen LogP contribution in [0.2, 0.25) is 0 Å². The number of aryl methyl sites for hydroxylation is 1. The first kappa shape index (κ1) is 22.5. The van der Waals surface area contributed by atoms with E-state index in [0.29, 0.717) is 18.1 Å². The minimum atomic E-state index is -3.65.